The highest BCUT2D eigenvalue weighted by atomic mass is 16.4. The Hall–Kier alpha value is -2.04. The molecule has 5 heteroatoms. The van der Waals surface area contributed by atoms with Crippen molar-refractivity contribution in [1.29, 1.82) is 0 Å². The van der Waals surface area contributed by atoms with Crippen molar-refractivity contribution < 1.29 is 14.7 Å². The van der Waals surface area contributed by atoms with E-state index in [1.807, 2.05) is 30.3 Å². The molecule has 1 saturated heterocycles. The van der Waals surface area contributed by atoms with Crippen LogP contribution in [0.5, 0.6) is 0 Å². The number of likely N-dealkylation sites (tertiary alicyclic amines) is 1. The lowest BCUT2D eigenvalue weighted by Crippen LogP contribution is -2.39. The number of hydrogen-bond acceptors (Lipinski definition) is 2. The monoisotopic (exact) mass is 274 g/mol. The molecule has 2 aliphatic rings. The molecule has 5 nitrogen and oxygen atoms in total. The van der Waals surface area contributed by atoms with Gasteiger partial charge < -0.3 is 15.3 Å². The number of anilines is 1. The molecule has 1 unspecified atom stereocenters. The van der Waals surface area contributed by atoms with Crippen molar-refractivity contribution in [2.45, 2.75) is 19.3 Å². The van der Waals surface area contributed by atoms with E-state index in [0.29, 0.717) is 13.1 Å². The fourth-order valence-electron chi connectivity index (χ4n) is 3.17. The van der Waals surface area contributed by atoms with E-state index >= 15 is 0 Å². The zero-order valence-corrected chi connectivity index (χ0v) is 11.2. The van der Waals surface area contributed by atoms with Crippen LogP contribution < -0.4 is 5.32 Å². The van der Waals surface area contributed by atoms with E-state index in [1.54, 1.807) is 0 Å². The van der Waals surface area contributed by atoms with Crippen LogP contribution in [0.1, 0.15) is 19.3 Å². The summed E-state index contributed by atoms with van der Waals surface area (Å²) in [6.07, 6.45) is 1.63. The van der Waals surface area contributed by atoms with E-state index in [9.17, 15) is 9.59 Å². The number of nitrogens with one attached hydrogen (secondary N) is 1. The number of carbonyl (C=O) groups excluding carboxylic acids is 1. The van der Waals surface area contributed by atoms with Gasteiger partial charge in [0.15, 0.2) is 0 Å². The summed E-state index contributed by atoms with van der Waals surface area (Å²) >= 11 is 0. The van der Waals surface area contributed by atoms with Gasteiger partial charge in [-0.3, -0.25) is 4.79 Å². The highest BCUT2D eigenvalue weighted by molar-refractivity contribution is 5.95. The Kier molecular flexibility index (Phi) is 3.12. The third-order valence-corrected chi connectivity index (χ3v) is 4.58. The van der Waals surface area contributed by atoms with Gasteiger partial charge in [0.05, 0.1) is 0 Å². The lowest BCUT2D eigenvalue weighted by Gasteiger charge is -2.30. The van der Waals surface area contributed by atoms with Crippen LogP contribution in [-0.2, 0) is 4.79 Å². The number of piperidine rings is 1. The lowest BCUT2D eigenvalue weighted by atomic mass is 9.91. The summed E-state index contributed by atoms with van der Waals surface area (Å²) in [7, 11) is 0. The number of nitrogens with zero attached hydrogens (tertiary/aromatic N) is 1. The molecule has 1 aliphatic heterocycles. The Labute approximate surface area is 117 Å². The molecule has 1 aliphatic carbocycles. The fraction of sp³-hybridized carbons (Fsp3) is 0.467. The molecule has 0 bridgehead atoms. The second-order valence-electron chi connectivity index (χ2n) is 5.74. The van der Waals surface area contributed by atoms with E-state index in [4.69, 9.17) is 5.11 Å². The Balaban J connectivity index is 1.56. The molecule has 0 aromatic heterocycles. The molecule has 2 fully saturated rings. The van der Waals surface area contributed by atoms with E-state index in [-0.39, 0.29) is 17.2 Å². The molecule has 0 radical (unpaired) electrons. The predicted molar refractivity (Wildman–Crippen MR) is 74.4 cm³/mol. The molecule has 1 saturated carbocycles. The Morgan fingerprint density at radius 2 is 1.85 bits per heavy atom. The van der Waals surface area contributed by atoms with Gasteiger partial charge in [-0.1, -0.05) is 18.2 Å². The van der Waals surface area contributed by atoms with Crippen LogP contribution in [0.15, 0.2) is 30.3 Å². The minimum Gasteiger partial charge on any atom is -0.465 e. The maximum atomic E-state index is 12.2. The standard InChI is InChI=1S/C15H18N2O3/c18-13(16-11-4-2-1-3-5-11)12-10-15(12)6-8-17(9-7-15)14(19)20/h1-5,12H,6-10H2,(H,16,18)(H,19,20). The van der Waals surface area contributed by atoms with Crippen LogP contribution >= 0.6 is 0 Å². The first-order valence-corrected chi connectivity index (χ1v) is 6.94. The third kappa shape index (κ3) is 2.35. The van der Waals surface area contributed by atoms with Crippen LogP contribution in [0.2, 0.25) is 0 Å². The first-order valence-electron chi connectivity index (χ1n) is 6.94. The van der Waals surface area contributed by atoms with Crippen molar-refractivity contribution in [3.8, 4) is 0 Å². The SMILES string of the molecule is O=C(Nc1ccccc1)C1CC12CCN(C(=O)O)CC2. The molecule has 1 aromatic rings. The maximum absolute atomic E-state index is 12.2. The molecule has 20 heavy (non-hydrogen) atoms. The first kappa shape index (κ1) is 13.0. The third-order valence-electron chi connectivity index (χ3n) is 4.58. The largest absolute Gasteiger partial charge is 0.465 e. The molecule has 1 atom stereocenters. The Bertz CT molecular complexity index is 521. The summed E-state index contributed by atoms with van der Waals surface area (Å²) in [5.74, 6) is 0.110. The highest BCUT2D eigenvalue weighted by Crippen LogP contribution is 2.59. The van der Waals surface area contributed by atoms with Gasteiger partial charge in [0.1, 0.15) is 0 Å². The zero-order valence-electron chi connectivity index (χ0n) is 11.2. The summed E-state index contributed by atoms with van der Waals surface area (Å²) in [5, 5.41) is 11.9. The van der Waals surface area contributed by atoms with Gasteiger partial charge >= 0.3 is 6.09 Å². The van der Waals surface area contributed by atoms with Crippen LogP contribution in [0.3, 0.4) is 0 Å². The summed E-state index contributed by atoms with van der Waals surface area (Å²) in [4.78, 5) is 24.6. The smallest absolute Gasteiger partial charge is 0.407 e. The average Bonchev–Trinajstić information content (AvgIpc) is 3.14. The molecule has 2 N–H and O–H groups in total. The van der Waals surface area contributed by atoms with E-state index < -0.39 is 6.09 Å². The van der Waals surface area contributed by atoms with Crippen molar-refractivity contribution in [1.82, 2.24) is 4.90 Å². The summed E-state index contributed by atoms with van der Waals surface area (Å²) in [6, 6.07) is 9.45. The van der Waals surface area contributed by atoms with Crippen molar-refractivity contribution >= 4 is 17.7 Å². The minimum absolute atomic E-state index is 0.0404. The van der Waals surface area contributed by atoms with E-state index in [2.05, 4.69) is 5.32 Å². The molecule has 2 amide bonds. The van der Waals surface area contributed by atoms with Gasteiger partial charge in [-0.2, -0.15) is 0 Å². The minimum atomic E-state index is -0.856. The molecule has 1 heterocycles. The van der Waals surface area contributed by atoms with Gasteiger partial charge in [0.2, 0.25) is 5.91 Å². The summed E-state index contributed by atoms with van der Waals surface area (Å²) in [5.41, 5.74) is 0.868. The van der Waals surface area contributed by atoms with Gasteiger partial charge in [0, 0.05) is 24.7 Å². The highest BCUT2D eigenvalue weighted by Gasteiger charge is 2.58. The molecule has 3 rings (SSSR count). The number of hydrogen-bond donors (Lipinski definition) is 2. The molecular weight excluding hydrogens is 256 g/mol. The molecule has 1 spiro atoms. The zero-order chi connectivity index (χ0) is 14.2. The lowest BCUT2D eigenvalue weighted by molar-refractivity contribution is -0.118. The van der Waals surface area contributed by atoms with Gasteiger partial charge in [-0.25, -0.2) is 4.79 Å². The van der Waals surface area contributed by atoms with Crippen LogP contribution in [-0.4, -0.2) is 35.1 Å². The number of carboxylic acid groups (broad SMARTS) is 1. The first-order chi connectivity index (χ1) is 9.61. The number of carbonyl (C=O) groups is 2. The second kappa shape index (κ2) is 4.81. The molecular formula is C15H18N2O3. The number of amides is 2. The van der Waals surface area contributed by atoms with E-state index in [1.165, 1.54) is 4.90 Å². The van der Waals surface area contributed by atoms with Crippen molar-refractivity contribution in [2.24, 2.45) is 11.3 Å². The van der Waals surface area contributed by atoms with Crippen LogP contribution in [0, 0.1) is 11.3 Å². The molecule has 106 valence electrons. The summed E-state index contributed by atoms with van der Waals surface area (Å²) in [6.45, 7) is 1.09. The number of para-hydroxylation sites is 1. The van der Waals surface area contributed by atoms with Crippen molar-refractivity contribution in [3.05, 3.63) is 30.3 Å². The van der Waals surface area contributed by atoms with Gasteiger partial charge in [0.25, 0.3) is 0 Å². The normalized spacial score (nSPS) is 23.4. The van der Waals surface area contributed by atoms with Crippen molar-refractivity contribution in [3.63, 3.8) is 0 Å². The van der Waals surface area contributed by atoms with Crippen LogP contribution in [0.4, 0.5) is 10.5 Å². The fourth-order valence-corrected chi connectivity index (χ4v) is 3.17. The molecule has 1 aromatic carbocycles. The van der Waals surface area contributed by atoms with E-state index in [0.717, 1.165) is 24.9 Å². The predicted octanol–water partition coefficient (Wildman–Crippen LogP) is 2.41. The van der Waals surface area contributed by atoms with Crippen LogP contribution in [0.25, 0.3) is 0 Å². The van der Waals surface area contributed by atoms with Crippen molar-refractivity contribution in [2.75, 3.05) is 18.4 Å². The van der Waals surface area contributed by atoms with Gasteiger partial charge in [-0.15, -0.1) is 0 Å². The second-order valence-corrected chi connectivity index (χ2v) is 5.74. The quantitative estimate of drug-likeness (QED) is 0.870. The number of benzene rings is 1. The topological polar surface area (TPSA) is 69.6 Å². The Morgan fingerprint density at radius 3 is 2.45 bits per heavy atom. The Morgan fingerprint density at radius 1 is 1.20 bits per heavy atom. The average molecular weight is 274 g/mol. The maximum Gasteiger partial charge on any atom is 0.407 e. The summed E-state index contributed by atoms with van der Waals surface area (Å²) < 4.78 is 0. The number of rotatable bonds is 2. The van der Waals surface area contributed by atoms with Gasteiger partial charge in [-0.05, 0) is 36.8 Å².